The molecule has 0 aliphatic carbocycles. The van der Waals surface area contributed by atoms with Crippen molar-refractivity contribution in [1.82, 2.24) is 15.0 Å². The molecule has 2 N–H and O–H groups in total. The lowest BCUT2D eigenvalue weighted by atomic mass is 10.2. The van der Waals surface area contributed by atoms with Gasteiger partial charge in [-0.3, -0.25) is 9.78 Å². The summed E-state index contributed by atoms with van der Waals surface area (Å²) in [6.45, 7) is -0.0212. The molecule has 3 rings (SSSR count). The minimum absolute atomic E-state index is 0.00881. The van der Waals surface area contributed by atoms with Gasteiger partial charge in [-0.05, 0) is 47.5 Å². The van der Waals surface area contributed by atoms with Crippen LogP contribution in [0.1, 0.15) is 21.6 Å². The van der Waals surface area contributed by atoms with Gasteiger partial charge in [0.2, 0.25) is 10.0 Å². The second-order valence-electron chi connectivity index (χ2n) is 6.38. The first-order chi connectivity index (χ1) is 14.7. The van der Waals surface area contributed by atoms with Gasteiger partial charge in [0.25, 0.3) is 5.91 Å². The van der Waals surface area contributed by atoms with E-state index in [-0.39, 0.29) is 33.7 Å². The molecule has 0 aliphatic rings. The van der Waals surface area contributed by atoms with Crippen LogP contribution in [0.25, 0.3) is 0 Å². The maximum Gasteiger partial charge on any atom is 0.270 e. The number of hydrogen-bond acceptors (Lipinski definition) is 4. The van der Waals surface area contributed by atoms with Crippen molar-refractivity contribution in [2.75, 3.05) is 0 Å². The number of carbonyl (C=O) groups excluding carboxylic acids is 1. The van der Waals surface area contributed by atoms with Gasteiger partial charge in [-0.25, -0.2) is 21.9 Å². The topological polar surface area (TPSA) is 88.2 Å². The van der Waals surface area contributed by atoms with Crippen LogP contribution in [0.2, 0.25) is 10.0 Å². The van der Waals surface area contributed by atoms with Crippen LogP contribution in [0.3, 0.4) is 0 Å². The second kappa shape index (κ2) is 9.69. The van der Waals surface area contributed by atoms with E-state index in [1.807, 2.05) is 0 Å². The number of nitrogens with one attached hydrogen (secondary N) is 2. The average Bonchev–Trinajstić information content (AvgIpc) is 2.75. The summed E-state index contributed by atoms with van der Waals surface area (Å²) in [6, 6.07) is 10.2. The Kier molecular flexibility index (Phi) is 7.22. The smallest absolute Gasteiger partial charge is 0.270 e. The number of sulfonamides is 1. The minimum Gasteiger partial charge on any atom is -0.347 e. The summed E-state index contributed by atoms with van der Waals surface area (Å²) in [5.74, 6) is -1.79. The summed E-state index contributed by atoms with van der Waals surface area (Å²) < 4.78 is 53.6. The van der Waals surface area contributed by atoms with Crippen molar-refractivity contribution in [1.29, 1.82) is 0 Å². The highest BCUT2D eigenvalue weighted by Crippen LogP contribution is 2.19. The van der Waals surface area contributed by atoms with Gasteiger partial charge in [-0.1, -0.05) is 35.3 Å². The van der Waals surface area contributed by atoms with Crippen LogP contribution in [0, 0.1) is 11.6 Å². The van der Waals surface area contributed by atoms with E-state index < -0.39 is 27.6 Å². The van der Waals surface area contributed by atoms with E-state index in [0.717, 1.165) is 18.2 Å². The minimum atomic E-state index is -3.92. The number of halogens is 4. The van der Waals surface area contributed by atoms with Crippen molar-refractivity contribution >= 4 is 39.1 Å². The van der Waals surface area contributed by atoms with Crippen molar-refractivity contribution in [2.24, 2.45) is 0 Å². The number of benzene rings is 2. The van der Waals surface area contributed by atoms with Crippen LogP contribution in [-0.4, -0.2) is 19.3 Å². The molecule has 162 valence electrons. The van der Waals surface area contributed by atoms with Crippen LogP contribution < -0.4 is 10.0 Å². The summed E-state index contributed by atoms with van der Waals surface area (Å²) in [6.07, 6.45) is 1.34. The number of hydrogen-bond donors (Lipinski definition) is 2. The number of amides is 1. The first kappa shape index (κ1) is 23.1. The van der Waals surface area contributed by atoms with E-state index in [1.54, 1.807) is 6.07 Å². The SMILES string of the molecule is O=C(NCc1ccc(Cl)c(F)c1)c1ccc(CNS(=O)(=O)c2ccc(F)c(Cl)c2)cn1. The van der Waals surface area contributed by atoms with Gasteiger partial charge in [0, 0.05) is 19.3 Å². The number of aromatic nitrogens is 1. The highest BCUT2D eigenvalue weighted by molar-refractivity contribution is 7.89. The summed E-state index contributed by atoms with van der Waals surface area (Å²) in [4.78, 5) is 16.0. The molecule has 1 heterocycles. The Bertz CT molecular complexity index is 1220. The molecular formula is C20H15Cl2F2N3O3S. The molecule has 0 saturated heterocycles. The van der Waals surface area contributed by atoms with E-state index in [9.17, 15) is 22.0 Å². The molecule has 0 bridgehead atoms. The number of rotatable bonds is 7. The first-order valence-electron chi connectivity index (χ1n) is 8.77. The first-order valence-corrected chi connectivity index (χ1v) is 11.0. The second-order valence-corrected chi connectivity index (χ2v) is 8.96. The maximum absolute atomic E-state index is 13.4. The highest BCUT2D eigenvalue weighted by Gasteiger charge is 2.16. The molecule has 0 radical (unpaired) electrons. The predicted molar refractivity (Wildman–Crippen MR) is 112 cm³/mol. The van der Waals surface area contributed by atoms with E-state index in [0.29, 0.717) is 11.1 Å². The fourth-order valence-electron chi connectivity index (χ4n) is 2.49. The molecule has 3 aromatic rings. The van der Waals surface area contributed by atoms with Gasteiger partial charge >= 0.3 is 0 Å². The Morgan fingerprint density at radius 1 is 0.903 bits per heavy atom. The normalized spacial score (nSPS) is 11.4. The lowest BCUT2D eigenvalue weighted by Crippen LogP contribution is -2.25. The van der Waals surface area contributed by atoms with Gasteiger partial charge < -0.3 is 5.32 Å². The summed E-state index contributed by atoms with van der Waals surface area (Å²) >= 11 is 11.2. The molecule has 1 aromatic heterocycles. The van der Waals surface area contributed by atoms with Gasteiger partial charge in [0.15, 0.2) is 0 Å². The van der Waals surface area contributed by atoms with Gasteiger partial charge in [0.1, 0.15) is 17.3 Å². The molecule has 31 heavy (non-hydrogen) atoms. The third kappa shape index (κ3) is 5.98. The highest BCUT2D eigenvalue weighted by atomic mass is 35.5. The molecule has 6 nitrogen and oxygen atoms in total. The number of nitrogens with zero attached hydrogens (tertiary/aromatic N) is 1. The molecule has 2 aromatic carbocycles. The van der Waals surface area contributed by atoms with Crippen molar-refractivity contribution in [3.05, 3.63) is 93.2 Å². The molecule has 0 aliphatic heterocycles. The quantitative estimate of drug-likeness (QED) is 0.527. The standard InChI is InChI=1S/C20H15Cl2F2N3O3S/c21-15-4-1-12(7-18(15)24)9-26-20(28)19-6-2-13(10-25-19)11-27-31(29,30)14-3-5-17(23)16(22)8-14/h1-8,10,27H,9,11H2,(H,26,28). The van der Waals surface area contributed by atoms with Crippen molar-refractivity contribution < 1.29 is 22.0 Å². The third-order valence-corrected chi connectivity index (χ3v) is 6.16. The third-order valence-electron chi connectivity index (χ3n) is 4.16. The molecule has 1 amide bonds. The van der Waals surface area contributed by atoms with E-state index in [1.165, 1.54) is 30.5 Å². The van der Waals surface area contributed by atoms with Crippen LogP contribution >= 0.6 is 23.2 Å². The van der Waals surface area contributed by atoms with Crippen LogP contribution in [-0.2, 0) is 23.1 Å². The predicted octanol–water partition coefficient (Wildman–Crippen LogP) is 4.08. The van der Waals surface area contributed by atoms with Crippen LogP contribution in [0.5, 0.6) is 0 Å². The monoisotopic (exact) mass is 485 g/mol. The molecule has 11 heteroatoms. The summed E-state index contributed by atoms with van der Waals surface area (Å²) in [7, 11) is -3.92. The van der Waals surface area contributed by atoms with Crippen LogP contribution in [0.4, 0.5) is 8.78 Å². The average molecular weight is 486 g/mol. The van der Waals surface area contributed by atoms with Gasteiger partial charge in [-0.15, -0.1) is 0 Å². The lowest BCUT2D eigenvalue weighted by Gasteiger charge is -2.08. The molecule has 0 spiro atoms. The Labute approximate surface area is 187 Å². The zero-order valence-electron chi connectivity index (χ0n) is 15.7. The number of carbonyl (C=O) groups is 1. The molecule has 0 fully saturated rings. The largest absolute Gasteiger partial charge is 0.347 e. The van der Waals surface area contributed by atoms with Crippen molar-refractivity contribution in [2.45, 2.75) is 18.0 Å². The fraction of sp³-hybridized carbons (Fsp3) is 0.100. The van der Waals surface area contributed by atoms with Gasteiger partial charge in [0.05, 0.1) is 14.9 Å². The van der Waals surface area contributed by atoms with E-state index >= 15 is 0 Å². The Morgan fingerprint density at radius 2 is 1.65 bits per heavy atom. The summed E-state index contributed by atoms with van der Waals surface area (Å²) in [5.41, 5.74) is 1.13. The lowest BCUT2D eigenvalue weighted by molar-refractivity contribution is 0.0946. The Balaban J connectivity index is 1.58. The van der Waals surface area contributed by atoms with Crippen molar-refractivity contribution in [3.8, 4) is 0 Å². The van der Waals surface area contributed by atoms with Crippen molar-refractivity contribution in [3.63, 3.8) is 0 Å². The van der Waals surface area contributed by atoms with Crippen LogP contribution in [0.15, 0.2) is 59.6 Å². The summed E-state index contributed by atoms with van der Waals surface area (Å²) in [5, 5.41) is 2.29. The number of pyridine rings is 1. The zero-order chi connectivity index (χ0) is 22.6. The molecule has 0 saturated carbocycles. The zero-order valence-corrected chi connectivity index (χ0v) is 18.0. The maximum atomic E-state index is 13.4. The molecule has 0 unspecified atom stereocenters. The fourth-order valence-corrected chi connectivity index (χ4v) is 3.90. The van der Waals surface area contributed by atoms with Gasteiger partial charge in [-0.2, -0.15) is 0 Å². The van der Waals surface area contributed by atoms with E-state index in [4.69, 9.17) is 23.2 Å². The molecule has 0 atom stereocenters. The van der Waals surface area contributed by atoms with E-state index in [2.05, 4.69) is 15.0 Å². The Morgan fingerprint density at radius 3 is 2.29 bits per heavy atom. The molecular weight excluding hydrogens is 471 g/mol. The Hall–Kier alpha value is -2.59.